The Morgan fingerprint density at radius 2 is 1.95 bits per heavy atom. The van der Waals surface area contributed by atoms with Crippen LogP contribution in [-0.4, -0.2) is 36.3 Å². The van der Waals surface area contributed by atoms with Crippen LogP contribution in [0.15, 0.2) is 29.6 Å². The Kier molecular flexibility index (Phi) is 4.33. The first kappa shape index (κ1) is 14.6. The molecule has 0 spiro atoms. The normalized spacial score (nSPS) is 17.1. The van der Waals surface area contributed by atoms with Gasteiger partial charge in [0.2, 0.25) is 0 Å². The van der Waals surface area contributed by atoms with Gasteiger partial charge in [-0.2, -0.15) is 0 Å². The van der Waals surface area contributed by atoms with E-state index in [2.05, 4.69) is 20.9 Å². The lowest BCUT2D eigenvalue weighted by molar-refractivity contribution is 0.195. The molecule has 1 saturated heterocycles. The molecule has 1 aromatic heterocycles. The molecule has 0 saturated carbocycles. The molecule has 2 heterocycles. The Balaban J connectivity index is 1.64. The first-order valence-electron chi connectivity index (χ1n) is 7.02. The maximum absolute atomic E-state index is 9.56. The van der Waals surface area contributed by atoms with Crippen LogP contribution in [0.25, 0.3) is 0 Å². The lowest BCUT2D eigenvalue weighted by atomic mass is 10.2. The average molecular weight is 324 g/mol. The van der Waals surface area contributed by atoms with Gasteiger partial charge in [0.1, 0.15) is 0 Å². The molecule has 1 aromatic carbocycles. The zero-order valence-corrected chi connectivity index (χ0v) is 13.4. The smallest absolute Gasteiger partial charge is 0.185 e. The number of rotatable bonds is 3. The minimum Gasteiger partial charge on any atom is -0.387 e. The molecule has 1 N–H and O–H groups in total. The molecule has 0 aliphatic carbocycles. The van der Waals surface area contributed by atoms with Crippen LogP contribution in [0.4, 0.5) is 10.8 Å². The van der Waals surface area contributed by atoms with E-state index in [0.717, 1.165) is 42.0 Å². The highest BCUT2D eigenvalue weighted by Crippen LogP contribution is 2.26. The molecule has 4 nitrogen and oxygen atoms in total. The summed E-state index contributed by atoms with van der Waals surface area (Å²) >= 11 is 7.65. The molecular formula is C15H18ClN3OS. The molecule has 2 aromatic rings. The summed E-state index contributed by atoms with van der Waals surface area (Å²) in [5.41, 5.74) is 1.93. The summed E-state index contributed by atoms with van der Waals surface area (Å²) in [6.45, 7) is 5.50. The van der Waals surface area contributed by atoms with Gasteiger partial charge >= 0.3 is 0 Å². The van der Waals surface area contributed by atoms with Crippen molar-refractivity contribution >= 4 is 33.8 Å². The molecule has 112 valence electrons. The SMILES string of the molecule is CC(O)c1csc(N2CCN(c3cccc(Cl)c3)CC2)n1. The van der Waals surface area contributed by atoms with Gasteiger partial charge in [0.15, 0.2) is 5.13 Å². The maximum atomic E-state index is 9.56. The van der Waals surface area contributed by atoms with E-state index < -0.39 is 6.10 Å². The van der Waals surface area contributed by atoms with Crippen molar-refractivity contribution in [3.05, 3.63) is 40.4 Å². The minimum atomic E-state index is -0.497. The summed E-state index contributed by atoms with van der Waals surface area (Å²) in [6, 6.07) is 7.98. The van der Waals surface area contributed by atoms with E-state index in [-0.39, 0.29) is 0 Å². The molecule has 3 rings (SSSR count). The third kappa shape index (κ3) is 3.31. The number of piperazine rings is 1. The lowest BCUT2D eigenvalue weighted by Gasteiger charge is -2.36. The van der Waals surface area contributed by atoms with Gasteiger partial charge in [0.05, 0.1) is 11.8 Å². The van der Waals surface area contributed by atoms with Crippen molar-refractivity contribution in [3.8, 4) is 0 Å². The molecular weight excluding hydrogens is 306 g/mol. The number of benzene rings is 1. The van der Waals surface area contributed by atoms with Crippen LogP contribution in [0.3, 0.4) is 0 Å². The van der Waals surface area contributed by atoms with Gasteiger partial charge in [-0.15, -0.1) is 11.3 Å². The second-order valence-corrected chi connectivity index (χ2v) is 6.46. The molecule has 0 radical (unpaired) electrons. The monoisotopic (exact) mass is 323 g/mol. The van der Waals surface area contributed by atoms with Gasteiger partial charge < -0.3 is 14.9 Å². The van der Waals surface area contributed by atoms with Gasteiger partial charge in [0, 0.05) is 42.3 Å². The summed E-state index contributed by atoms with van der Waals surface area (Å²) in [4.78, 5) is 9.11. The van der Waals surface area contributed by atoms with E-state index in [1.807, 2.05) is 23.6 Å². The van der Waals surface area contributed by atoms with Gasteiger partial charge in [-0.05, 0) is 25.1 Å². The van der Waals surface area contributed by atoms with Gasteiger partial charge in [-0.25, -0.2) is 4.98 Å². The zero-order valence-electron chi connectivity index (χ0n) is 11.9. The Morgan fingerprint density at radius 1 is 1.24 bits per heavy atom. The van der Waals surface area contributed by atoms with Crippen LogP contribution < -0.4 is 9.80 Å². The minimum absolute atomic E-state index is 0.497. The molecule has 0 bridgehead atoms. The number of hydrogen-bond donors (Lipinski definition) is 1. The van der Waals surface area contributed by atoms with Crippen LogP contribution in [-0.2, 0) is 0 Å². The predicted molar refractivity (Wildman–Crippen MR) is 88.6 cm³/mol. The molecule has 6 heteroatoms. The number of hydrogen-bond acceptors (Lipinski definition) is 5. The third-order valence-electron chi connectivity index (χ3n) is 3.66. The first-order valence-corrected chi connectivity index (χ1v) is 8.28. The van der Waals surface area contributed by atoms with Crippen molar-refractivity contribution in [1.29, 1.82) is 0 Å². The fourth-order valence-corrected chi connectivity index (χ4v) is 3.59. The van der Waals surface area contributed by atoms with E-state index in [0.29, 0.717) is 0 Å². The van der Waals surface area contributed by atoms with E-state index >= 15 is 0 Å². The van der Waals surface area contributed by atoms with E-state index in [1.54, 1.807) is 18.3 Å². The van der Waals surface area contributed by atoms with Gasteiger partial charge in [0.25, 0.3) is 0 Å². The highest BCUT2D eigenvalue weighted by Gasteiger charge is 2.20. The fourth-order valence-electron chi connectivity index (χ4n) is 2.44. The Bertz CT molecular complexity index is 608. The van der Waals surface area contributed by atoms with Crippen molar-refractivity contribution in [2.75, 3.05) is 36.0 Å². The molecule has 21 heavy (non-hydrogen) atoms. The lowest BCUT2D eigenvalue weighted by Crippen LogP contribution is -2.46. The van der Waals surface area contributed by atoms with E-state index in [1.165, 1.54) is 5.69 Å². The van der Waals surface area contributed by atoms with E-state index in [4.69, 9.17) is 11.6 Å². The van der Waals surface area contributed by atoms with Crippen molar-refractivity contribution in [1.82, 2.24) is 4.98 Å². The van der Waals surface area contributed by atoms with Crippen LogP contribution in [0, 0.1) is 0 Å². The highest BCUT2D eigenvalue weighted by atomic mass is 35.5. The van der Waals surface area contributed by atoms with Crippen LogP contribution in [0.5, 0.6) is 0 Å². The molecule has 1 unspecified atom stereocenters. The quantitative estimate of drug-likeness (QED) is 0.941. The summed E-state index contributed by atoms with van der Waals surface area (Å²) < 4.78 is 0. The van der Waals surface area contributed by atoms with Crippen molar-refractivity contribution in [2.24, 2.45) is 0 Å². The van der Waals surface area contributed by atoms with Gasteiger partial charge in [-0.1, -0.05) is 17.7 Å². The second-order valence-electron chi connectivity index (χ2n) is 5.18. The van der Waals surface area contributed by atoms with Crippen LogP contribution >= 0.6 is 22.9 Å². The van der Waals surface area contributed by atoms with E-state index in [9.17, 15) is 5.11 Å². The molecule has 1 atom stereocenters. The topological polar surface area (TPSA) is 39.6 Å². The van der Waals surface area contributed by atoms with Gasteiger partial charge in [-0.3, -0.25) is 0 Å². The highest BCUT2D eigenvalue weighted by molar-refractivity contribution is 7.13. The molecule has 1 fully saturated rings. The maximum Gasteiger partial charge on any atom is 0.185 e. The number of aliphatic hydroxyl groups excluding tert-OH is 1. The van der Waals surface area contributed by atoms with Crippen LogP contribution in [0.1, 0.15) is 18.7 Å². The fraction of sp³-hybridized carbons (Fsp3) is 0.400. The largest absolute Gasteiger partial charge is 0.387 e. The Hall–Kier alpha value is -1.30. The van der Waals surface area contributed by atoms with Crippen molar-refractivity contribution in [2.45, 2.75) is 13.0 Å². The third-order valence-corrected chi connectivity index (χ3v) is 4.82. The molecule has 1 aliphatic heterocycles. The average Bonchev–Trinajstić information content (AvgIpc) is 2.97. The molecule has 0 amide bonds. The molecule has 1 aliphatic rings. The predicted octanol–water partition coefficient (Wildman–Crippen LogP) is 3.18. The number of halogens is 1. The van der Waals surface area contributed by atoms with Crippen LogP contribution in [0.2, 0.25) is 5.02 Å². The second kappa shape index (κ2) is 6.22. The summed E-state index contributed by atoms with van der Waals surface area (Å²) in [5, 5.41) is 13.3. The zero-order chi connectivity index (χ0) is 14.8. The number of anilines is 2. The Labute approximate surface area is 133 Å². The van der Waals surface area contributed by atoms with Crippen molar-refractivity contribution < 1.29 is 5.11 Å². The number of aromatic nitrogens is 1. The summed E-state index contributed by atoms with van der Waals surface area (Å²) in [7, 11) is 0. The number of thiazole rings is 1. The summed E-state index contributed by atoms with van der Waals surface area (Å²) in [5.74, 6) is 0. The standard InChI is InChI=1S/C15H18ClN3OS/c1-11(20)14-10-21-15(17-14)19-7-5-18(6-8-19)13-4-2-3-12(16)9-13/h2-4,9-11,20H,5-8H2,1H3. The number of nitrogens with zero attached hydrogens (tertiary/aromatic N) is 3. The Morgan fingerprint density at radius 3 is 2.57 bits per heavy atom. The summed E-state index contributed by atoms with van der Waals surface area (Å²) in [6.07, 6.45) is -0.497. The number of aliphatic hydroxyl groups is 1. The first-order chi connectivity index (χ1) is 10.1. The van der Waals surface area contributed by atoms with Crippen molar-refractivity contribution in [3.63, 3.8) is 0 Å².